The van der Waals surface area contributed by atoms with Gasteiger partial charge in [-0.1, -0.05) is 43.7 Å². The molecule has 0 amide bonds. The van der Waals surface area contributed by atoms with Gasteiger partial charge in [0.15, 0.2) is 0 Å². The van der Waals surface area contributed by atoms with Crippen molar-refractivity contribution >= 4 is 0 Å². The Balaban J connectivity index is 1.71. The molecule has 0 spiro atoms. The molecule has 1 aliphatic carbocycles. The average molecular weight is 301 g/mol. The molecule has 1 saturated carbocycles. The van der Waals surface area contributed by atoms with Gasteiger partial charge in [0.2, 0.25) is 0 Å². The highest BCUT2D eigenvalue weighted by Gasteiger charge is 2.48. The van der Waals surface area contributed by atoms with E-state index in [1.54, 1.807) is 0 Å². The molecule has 2 aliphatic rings. The molecule has 4 atom stereocenters. The number of ether oxygens (including phenoxy) is 1. The lowest BCUT2D eigenvalue weighted by atomic mass is 9.70. The smallest absolute Gasteiger partial charge is 0.108 e. The fraction of sp³-hybridized carbons (Fsp3) is 0.700. The normalized spacial score (nSPS) is 35.1. The van der Waals surface area contributed by atoms with Crippen LogP contribution in [0.15, 0.2) is 30.3 Å². The summed E-state index contributed by atoms with van der Waals surface area (Å²) < 4.78 is 6.42. The second-order valence-electron chi connectivity index (χ2n) is 7.88. The first-order chi connectivity index (χ1) is 10.5. The summed E-state index contributed by atoms with van der Waals surface area (Å²) in [7, 11) is 0. The molecule has 1 aromatic carbocycles. The minimum Gasteiger partial charge on any atom is -0.360 e. The summed E-state index contributed by atoms with van der Waals surface area (Å²) in [5, 5.41) is 0. The summed E-state index contributed by atoms with van der Waals surface area (Å²) in [5.74, 6) is 1.50. The minimum absolute atomic E-state index is 0.227. The van der Waals surface area contributed by atoms with Crippen molar-refractivity contribution in [2.24, 2.45) is 11.8 Å². The second-order valence-corrected chi connectivity index (χ2v) is 7.88. The fourth-order valence-corrected chi connectivity index (χ4v) is 4.66. The molecule has 122 valence electrons. The lowest BCUT2D eigenvalue weighted by Gasteiger charge is -2.56. The lowest BCUT2D eigenvalue weighted by Crippen LogP contribution is -2.64. The zero-order chi connectivity index (χ0) is 15.7. The molecule has 1 aliphatic heterocycles. The van der Waals surface area contributed by atoms with Gasteiger partial charge < -0.3 is 4.74 Å². The van der Waals surface area contributed by atoms with Crippen LogP contribution in [0.4, 0.5) is 0 Å². The maximum atomic E-state index is 6.42. The highest BCUT2D eigenvalue weighted by atomic mass is 16.5. The Hall–Kier alpha value is -0.860. The summed E-state index contributed by atoms with van der Waals surface area (Å²) in [6.45, 7) is 10.6. The molecule has 2 heteroatoms. The highest BCUT2D eigenvalue weighted by Crippen LogP contribution is 2.44. The molecular weight excluding hydrogens is 270 g/mol. The van der Waals surface area contributed by atoms with E-state index in [4.69, 9.17) is 4.74 Å². The van der Waals surface area contributed by atoms with Crippen molar-refractivity contribution < 1.29 is 4.74 Å². The first-order valence-corrected chi connectivity index (χ1v) is 8.94. The van der Waals surface area contributed by atoms with Crippen molar-refractivity contribution in [1.82, 2.24) is 4.90 Å². The van der Waals surface area contributed by atoms with Gasteiger partial charge in [-0.15, -0.1) is 0 Å². The van der Waals surface area contributed by atoms with Gasteiger partial charge in [-0.2, -0.15) is 0 Å². The van der Waals surface area contributed by atoms with Crippen LogP contribution < -0.4 is 0 Å². The van der Waals surface area contributed by atoms with Crippen LogP contribution in [0.2, 0.25) is 0 Å². The standard InChI is InChI=1S/C20H31NO/c1-15-10-11-18-19(14-15)22-16(2)21(20(18,3)4)13-12-17-8-6-5-7-9-17/h5-9,15-16,18-19H,10-14H2,1-4H3/t15-,16+,18-,19-/m1/s1. The SMILES string of the molecule is C[C@@H]1CC[C@@H]2[C@@H](C1)O[C@@H](C)N(CCc1ccccc1)C2(C)C. The Morgan fingerprint density at radius 2 is 1.86 bits per heavy atom. The van der Waals surface area contributed by atoms with Crippen LogP contribution >= 0.6 is 0 Å². The van der Waals surface area contributed by atoms with Crippen molar-refractivity contribution in [3.8, 4) is 0 Å². The number of fused-ring (bicyclic) bond motifs is 1. The first-order valence-electron chi connectivity index (χ1n) is 8.94. The molecule has 22 heavy (non-hydrogen) atoms. The van der Waals surface area contributed by atoms with E-state index in [1.807, 2.05) is 0 Å². The van der Waals surface area contributed by atoms with E-state index in [0.29, 0.717) is 12.0 Å². The molecule has 3 rings (SSSR count). The molecule has 1 aromatic rings. The van der Waals surface area contributed by atoms with Crippen molar-refractivity contribution in [2.45, 2.75) is 71.2 Å². The Bertz CT molecular complexity index is 484. The monoisotopic (exact) mass is 301 g/mol. The van der Waals surface area contributed by atoms with Crippen LogP contribution in [-0.2, 0) is 11.2 Å². The van der Waals surface area contributed by atoms with Crippen LogP contribution in [-0.4, -0.2) is 29.3 Å². The average Bonchev–Trinajstić information content (AvgIpc) is 2.47. The van der Waals surface area contributed by atoms with E-state index in [-0.39, 0.29) is 11.8 Å². The molecule has 0 bridgehead atoms. The number of benzene rings is 1. The molecule has 0 N–H and O–H groups in total. The van der Waals surface area contributed by atoms with E-state index >= 15 is 0 Å². The number of nitrogens with zero attached hydrogens (tertiary/aromatic N) is 1. The molecular formula is C20H31NO. The second kappa shape index (κ2) is 6.33. The zero-order valence-corrected chi connectivity index (χ0v) is 14.6. The highest BCUT2D eigenvalue weighted by molar-refractivity contribution is 5.15. The predicted octanol–water partition coefficient (Wildman–Crippen LogP) is 4.49. The van der Waals surface area contributed by atoms with Gasteiger partial charge in [0.05, 0.1) is 6.10 Å². The van der Waals surface area contributed by atoms with E-state index in [1.165, 1.54) is 24.8 Å². The minimum atomic E-state index is 0.227. The van der Waals surface area contributed by atoms with Gasteiger partial charge in [0.25, 0.3) is 0 Å². The maximum absolute atomic E-state index is 6.42. The van der Waals surface area contributed by atoms with Gasteiger partial charge in [0, 0.05) is 18.0 Å². The van der Waals surface area contributed by atoms with Crippen LogP contribution in [0, 0.1) is 11.8 Å². The molecule has 0 aromatic heterocycles. The first kappa shape index (κ1) is 16.0. The number of rotatable bonds is 3. The van der Waals surface area contributed by atoms with Gasteiger partial charge >= 0.3 is 0 Å². The van der Waals surface area contributed by atoms with E-state index < -0.39 is 0 Å². The van der Waals surface area contributed by atoms with Crippen molar-refractivity contribution in [3.05, 3.63) is 35.9 Å². The number of hydrogen-bond donors (Lipinski definition) is 0. The molecule has 2 fully saturated rings. The van der Waals surface area contributed by atoms with E-state index in [9.17, 15) is 0 Å². The van der Waals surface area contributed by atoms with Crippen LogP contribution in [0.25, 0.3) is 0 Å². The Morgan fingerprint density at radius 1 is 1.14 bits per heavy atom. The molecule has 1 saturated heterocycles. The third-order valence-corrected chi connectivity index (χ3v) is 6.00. The van der Waals surface area contributed by atoms with Crippen LogP contribution in [0.5, 0.6) is 0 Å². The predicted molar refractivity (Wildman–Crippen MR) is 91.8 cm³/mol. The molecule has 0 unspecified atom stereocenters. The van der Waals surface area contributed by atoms with Crippen molar-refractivity contribution in [2.75, 3.05) is 6.54 Å². The molecule has 2 nitrogen and oxygen atoms in total. The van der Waals surface area contributed by atoms with Gasteiger partial charge in [-0.25, -0.2) is 0 Å². The lowest BCUT2D eigenvalue weighted by molar-refractivity contribution is -0.226. The van der Waals surface area contributed by atoms with Gasteiger partial charge in [-0.05, 0) is 51.5 Å². The van der Waals surface area contributed by atoms with Crippen LogP contribution in [0.1, 0.15) is 52.5 Å². The summed E-state index contributed by atoms with van der Waals surface area (Å²) in [5.41, 5.74) is 1.65. The summed E-state index contributed by atoms with van der Waals surface area (Å²) in [6.07, 6.45) is 5.70. The Labute approximate surface area is 135 Å². The summed E-state index contributed by atoms with van der Waals surface area (Å²) in [6, 6.07) is 10.8. The topological polar surface area (TPSA) is 12.5 Å². The molecule has 1 heterocycles. The van der Waals surface area contributed by atoms with Crippen LogP contribution in [0.3, 0.4) is 0 Å². The zero-order valence-electron chi connectivity index (χ0n) is 14.6. The Morgan fingerprint density at radius 3 is 2.59 bits per heavy atom. The maximum Gasteiger partial charge on any atom is 0.108 e. The third kappa shape index (κ3) is 3.09. The largest absolute Gasteiger partial charge is 0.360 e. The van der Waals surface area contributed by atoms with E-state index in [0.717, 1.165) is 18.9 Å². The van der Waals surface area contributed by atoms with Crippen molar-refractivity contribution in [1.29, 1.82) is 0 Å². The molecule has 0 radical (unpaired) electrons. The number of hydrogen-bond acceptors (Lipinski definition) is 2. The fourth-order valence-electron chi connectivity index (χ4n) is 4.66. The summed E-state index contributed by atoms with van der Waals surface area (Å²) in [4.78, 5) is 2.59. The van der Waals surface area contributed by atoms with Crippen molar-refractivity contribution in [3.63, 3.8) is 0 Å². The Kier molecular flexibility index (Phi) is 4.61. The van der Waals surface area contributed by atoms with Gasteiger partial charge in [-0.3, -0.25) is 4.90 Å². The summed E-state index contributed by atoms with van der Waals surface area (Å²) >= 11 is 0. The van der Waals surface area contributed by atoms with E-state index in [2.05, 4.69) is 62.9 Å². The quantitative estimate of drug-likeness (QED) is 0.815. The van der Waals surface area contributed by atoms with Gasteiger partial charge in [0.1, 0.15) is 6.23 Å². The third-order valence-electron chi connectivity index (χ3n) is 6.00.